The van der Waals surface area contributed by atoms with Crippen molar-refractivity contribution in [3.8, 4) is 11.8 Å². The van der Waals surface area contributed by atoms with Crippen molar-refractivity contribution in [1.29, 1.82) is 0 Å². The van der Waals surface area contributed by atoms with Crippen LogP contribution in [0.15, 0.2) is 60.7 Å². The van der Waals surface area contributed by atoms with Crippen LogP contribution in [0.25, 0.3) is 0 Å². The second-order valence-electron chi connectivity index (χ2n) is 9.50. The average molecular weight is 572 g/mol. The van der Waals surface area contributed by atoms with Gasteiger partial charge in [0.25, 0.3) is 0 Å². The maximum absolute atomic E-state index is 11.1. The molecule has 0 amide bonds. The van der Waals surface area contributed by atoms with Crippen LogP contribution in [0.5, 0.6) is 11.8 Å². The second-order valence-corrected chi connectivity index (χ2v) is 10.3. The van der Waals surface area contributed by atoms with E-state index in [1.54, 1.807) is 6.07 Å². The number of hydrogen-bond acceptors (Lipinski definition) is 5. The molecule has 4 rings (SSSR count). The fraction of sp³-hybridized carbons (Fsp3) is 0.345. The summed E-state index contributed by atoms with van der Waals surface area (Å²) in [6, 6.07) is 19.1. The van der Waals surface area contributed by atoms with E-state index in [0.717, 1.165) is 28.9 Å². The number of nitrogens with zero attached hydrogens (tertiary/aromatic N) is 4. The van der Waals surface area contributed by atoms with Gasteiger partial charge in [0.15, 0.2) is 0 Å². The number of aliphatic carboxylic acids is 1. The molecule has 0 aliphatic carbocycles. The number of carbonyl (C=O) groups is 1. The minimum Gasteiger partial charge on any atom is -0.481 e. The third kappa shape index (κ3) is 8.50. The highest BCUT2D eigenvalue weighted by molar-refractivity contribution is 6.35. The Morgan fingerprint density at radius 2 is 1.62 bits per heavy atom. The monoisotopic (exact) mass is 570 g/mol. The molecule has 0 spiro atoms. The maximum Gasteiger partial charge on any atom is 0.303 e. The first-order chi connectivity index (χ1) is 18.8. The molecule has 2 heterocycles. The smallest absolute Gasteiger partial charge is 0.303 e. The number of carboxylic acids is 1. The number of carboxylic acid groups (broad SMARTS) is 1. The van der Waals surface area contributed by atoms with Crippen LogP contribution in [0, 0.1) is 0 Å². The number of hydrogen-bond donors (Lipinski definition) is 1. The van der Waals surface area contributed by atoms with Gasteiger partial charge in [0.2, 0.25) is 11.8 Å². The Bertz CT molecular complexity index is 1390. The summed E-state index contributed by atoms with van der Waals surface area (Å²) in [5.74, 6) is 0.201. The molecular weight excluding hydrogens is 539 g/mol. The number of aromatic nitrogens is 4. The summed E-state index contributed by atoms with van der Waals surface area (Å²) >= 11 is 12.5. The molecule has 0 saturated heterocycles. The van der Waals surface area contributed by atoms with Crippen molar-refractivity contribution < 1.29 is 19.4 Å². The van der Waals surface area contributed by atoms with Crippen molar-refractivity contribution in [3.63, 3.8) is 0 Å². The van der Waals surface area contributed by atoms with Gasteiger partial charge in [-0.2, -0.15) is 0 Å². The normalized spacial score (nSPS) is 11.2. The van der Waals surface area contributed by atoms with Gasteiger partial charge in [-0.3, -0.25) is 14.2 Å². The number of aryl methyl sites for hydroxylation is 2. The van der Waals surface area contributed by atoms with Crippen LogP contribution >= 0.6 is 23.2 Å². The first-order valence-electron chi connectivity index (χ1n) is 12.9. The van der Waals surface area contributed by atoms with Gasteiger partial charge in [-0.25, -0.2) is 0 Å². The van der Waals surface area contributed by atoms with Gasteiger partial charge < -0.3 is 14.6 Å². The van der Waals surface area contributed by atoms with Crippen LogP contribution in [0.1, 0.15) is 49.2 Å². The Labute approximate surface area is 238 Å². The zero-order valence-corrected chi connectivity index (χ0v) is 23.5. The van der Waals surface area contributed by atoms with E-state index in [2.05, 4.69) is 10.2 Å². The van der Waals surface area contributed by atoms with E-state index in [4.69, 9.17) is 37.8 Å². The minimum atomic E-state index is -0.845. The van der Waals surface area contributed by atoms with E-state index in [1.807, 2.05) is 77.8 Å². The molecule has 39 heavy (non-hydrogen) atoms. The molecule has 1 N–H and O–H groups in total. The number of rotatable bonds is 14. The highest BCUT2D eigenvalue weighted by Gasteiger charge is 2.14. The van der Waals surface area contributed by atoms with Crippen molar-refractivity contribution in [2.75, 3.05) is 6.61 Å². The van der Waals surface area contributed by atoms with Crippen molar-refractivity contribution in [3.05, 3.63) is 93.2 Å². The summed E-state index contributed by atoms with van der Waals surface area (Å²) in [6.45, 7) is 5.40. The molecule has 0 aliphatic heterocycles. The van der Waals surface area contributed by atoms with Crippen molar-refractivity contribution in [2.45, 2.75) is 58.7 Å². The summed E-state index contributed by atoms with van der Waals surface area (Å²) in [4.78, 5) is 11.1. The summed E-state index contributed by atoms with van der Waals surface area (Å²) in [7, 11) is 0. The van der Waals surface area contributed by atoms with Crippen molar-refractivity contribution >= 4 is 29.2 Å². The minimum absolute atomic E-state index is 0.00460. The molecule has 0 fully saturated rings. The van der Waals surface area contributed by atoms with Crippen LogP contribution in [0.2, 0.25) is 10.0 Å². The predicted octanol–water partition coefficient (Wildman–Crippen LogP) is 6.30. The standard InChI is InChI=1S/C29H32Cl2N4O4/c1-20(2)39-28-17-24(35(33-28)19-22-10-11-23(30)15-26(22)31)9-6-14-38-27-16-25(12-13-29(36)37)34(32-27)18-21-7-4-3-5-8-21/h3-5,7-8,10-11,15-17,20H,6,9,12-14,18-19H2,1-2H3,(H,36,37). The first kappa shape index (κ1) is 28.5. The number of ether oxygens (including phenoxy) is 2. The fourth-order valence-corrected chi connectivity index (χ4v) is 4.60. The zero-order chi connectivity index (χ0) is 27.8. The van der Waals surface area contributed by atoms with Gasteiger partial charge >= 0.3 is 5.97 Å². The lowest BCUT2D eigenvalue weighted by Gasteiger charge is -2.10. The molecule has 2 aromatic heterocycles. The van der Waals surface area contributed by atoms with Crippen molar-refractivity contribution in [1.82, 2.24) is 19.6 Å². The van der Waals surface area contributed by atoms with Gasteiger partial charge in [-0.15, -0.1) is 10.2 Å². The van der Waals surface area contributed by atoms with E-state index < -0.39 is 5.97 Å². The maximum atomic E-state index is 11.1. The Balaban J connectivity index is 1.41. The first-order valence-corrected chi connectivity index (χ1v) is 13.6. The summed E-state index contributed by atoms with van der Waals surface area (Å²) < 4.78 is 15.5. The van der Waals surface area contributed by atoms with E-state index in [0.29, 0.717) is 54.3 Å². The van der Waals surface area contributed by atoms with Gasteiger partial charge in [0.05, 0.1) is 32.2 Å². The van der Waals surface area contributed by atoms with Gasteiger partial charge in [-0.1, -0.05) is 59.6 Å². The zero-order valence-electron chi connectivity index (χ0n) is 22.0. The van der Waals surface area contributed by atoms with Crippen LogP contribution in [-0.4, -0.2) is 43.3 Å². The van der Waals surface area contributed by atoms with Gasteiger partial charge in [-0.05, 0) is 56.4 Å². The third-order valence-corrected chi connectivity index (χ3v) is 6.56. The Kier molecular flexibility index (Phi) is 9.90. The van der Waals surface area contributed by atoms with Crippen molar-refractivity contribution in [2.24, 2.45) is 0 Å². The van der Waals surface area contributed by atoms with E-state index in [9.17, 15) is 4.79 Å². The van der Waals surface area contributed by atoms with Gasteiger partial charge in [0.1, 0.15) is 0 Å². The van der Waals surface area contributed by atoms with Gasteiger partial charge in [0, 0.05) is 33.6 Å². The fourth-order valence-electron chi connectivity index (χ4n) is 4.14. The van der Waals surface area contributed by atoms with Crippen LogP contribution < -0.4 is 9.47 Å². The third-order valence-electron chi connectivity index (χ3n) is 5.97. The van der Waals surface area contributed by atoms with E-state index >= 15 is 0 Å². The summed E-state index contributed by atoms with van der Waals surface area (Å²) in [6.07, 6.45) is 1.84. The van der Waals surface area contributed by atoms with Crippen LogP contribution in [0.3, 0.4) is 0 Å². The van der Waals surface area contributed by atoms with E-state index in [-0.39, 0.29) is 12.5 Å². The molecule has 0 unspecified atom stereocenters. The molecule has 0 bridgehead atoms. The molecule has 0 atom stereocenters. The molecule has 4 aromatic rings. The molecular formula is C29H32Cl2N4O4. The van der Waals surface area contributed by atoms with E-state index in [1.165, 1.54) is 0 Å². The molecule has 0 saturated carbocycles. The molecule has 2 aromatic carbocycles. The predicted molar refractivity (Wildman–Crippen MR) is 151 cm³/mol. The lowest BCUT2D eigenvalue weighted by atomic mass is 10.2. The lowest BCUT2D eigenvalue weighted by molar-refractivity contribution is -0.137. The topological polar surface area (TPSA) is 91.4 Å². The average Bonchev–Trinajstić information content (AvgIpc) is 3.45. The SMILES string of the molecule is CC(C)Oc1cc(CCCOc2cc(CCC(=O)O)n(Cc3ccccc3)n2)n(Cc2ccc(Cl)cc2Cl)n1. The Morgan fingerprint density at radius 1 is 0.923 bits per heavy atom. The summed E-state index contributed by atoms with van der Waals surface area (Å²) in [5.41, 5.74) is 3.81. The number of halogens is 2. The molecule has 206 valence electrons. The van der Waals surface area contributed by atoms with Crippen LogP contribution in [0.4, 0.5) is 0 Å². The molecule has 8 nitrogen and oxygen atoms in total. The Hall–Kier alpha value is -3.49. The quantitative estimate of drug-likeness (QED) is 0.179. The highest BCUT2D eigenvalue weighted by atomic mass is 35.5. The lowest BCUT2D eigenvalue weighted by Crippen LogP contribution is -2.10. The molecule has 0 aliphatic rings. The Morgan fingerprint density at radius 3 is 2.33 bits per heavy atom. The molecule has 10 heteroatoms. The molecule has 0 radical (unpaired) electrons. The number of benzene rings is 2. The second kappa shape index (κ2) is 13.5. The summed E-state index contributed by atoms with van der Waals surface area (Å²) in [5, 5.41) is 19.5. The van der Waals surface area contributed by atoms with Crippen LogP contribution in [-0.2, 0) is 30.7 Å². The largest absolute Gasteiger partial charge is 0.481 e. The highest BCUT2D eigenvalue weighted by Crippen LogP contribution is 2.24.